The molecule has 0 amide bonds. The summed E-state index contributed by atoms with van der Waals surface area (Å²) in [5.41, 5.74) is 1.73. The first-order chi connectivity index (χ1) is 11.4. The van der Waals surface area contributed by atoms with Gasteiger partial charge in [0.05, 0.1) is 9.90 Å². The van der Waals surface area contributed by atoms with E-state index >= 15 is 0 Å². The van der Waals surface area contributed by atoms with Gasteiger partial charge in [-0.15, -0.1) is 11.3 Å². The molecule has 2 aromatic carbocycles. The standard InChI is InChI=1S/C17H12ClFIO2PS/c1-8-5-10(19)6-9(2)14(8)16(21)17-15(18)12-4-3-11(22-23-20)7-13(12)24-17/h3-7,23H,1-2H3. The molecule has 1 heterocycles. The fourth-order valence-corrected chi connectivity index (χ4v) is 5.15. The maximum absolute atomic E-state index is 13.5. The average Bonchev–Trinajstić information content (AvgIpc) is 2.83. The Hall–Kier alpha value is -0.750. The van der Waals surface area contributed by atoms with Crippen molar-refractivity contribution in [1.82, 2.24) is 0 Å². The number of benzene rings is 2. The normalized spacial score (nSPS) is 11.5. The Morgan fingerprint density at radius 2 is 1.92 bits per heavy atom. The van der Waals surface area contributed by atoms with Crippen molar-refractivity contribution in [1.29, 1.82) is 0 Å². The number of fused-ring (bicyclic) bond motifs is 1. The van der Waals surface area contributed by atoms with Gasteiger partial charge in [0.15, 0.2) is 0 Å². The number of halogens is 3. The molecule has 0 bridgehead atoms. The highest BCUT2D eigenvalue weighted by Crippen LogP contribution is 2.40. The minimum absolute atomic E-state index is 0.172. The molecule has 1 unspecified atom stereocenters. The van der Waals surface area contributed by atoms with Crippen molar-refractivity contribution < 1.29 is 13.7 Å². The monoisotopic (exact) mass is 492 g/mol. The number of thiophene rings is 1. The first-order valence-electron chi connectivity index (χ1n) is 6.98. The molecule has 0 aliphatic rings. The molecule has 0 saturated carbocycles. The van der Waals surface area contributed by atoms with Gasteiger partial charge in [-0.05, 0) is 77.3 Å². The molecule has 124 valence electrons. The van der Waals surface area contributed by atoms with Crippen molar-refractivity contribution in [3.05, 3.63) is 62.7 Å². The van der Waals surface area contributed by atoms with Crippen molar-refractivity contribution in [2.24, 2.45) is 0 Å². The van der Waals surface area contributed by atoms with Gasteiger partial charge in [0, 0.05) is 15.6 Å². The summed E-state index contributed by atoms with van der Waals surface area (Å²) >= 11 is 9.93. The van der Waals surface area contributed by atoms with Gasteiger partial charge >= 0.3 is 0 Å². The van der Waals surface area contributed by atoms with Gasteiger partial charge in [0.25, 0.3) is 0 Å². The summed E-state index contributed by atoms with van der Waals surface area (Å²) in [6, 6.07) is 8.33. The number of carbonyl (C=O) groups is 1. The van der Waals surface area contributed by atoms with Crippen molar-refractivity contribution in [3.63, 3.8) is 0 Å². The van der Waals surface area contributed by atoms with Gasteiger partial charge in [0.1, 0.15) is 18.0 Å². The van der Waals surface area contributed by atoms with Crippen LogP contribution in [-0.4, -0.2) is 5.78 Å². The molecule has 0 N–H and O–H groups in total. The van der Waals surface area contributed by atoms with Crippen LogP contribution in [0, 0.1) is 19.7 Å². The Labute approximate surface area is 162 Å². The van der Waals surface area contributed by atoms with Gasteiger partial charge in [-0.3, -0.25) is 4.79 Å². The largest absolute Gasteiger partial charge is 0.467 e. The van der Waals surface area contributed by atoms with Crippen LogP contribution in [-0.2, 0) is 0 Å². The number of hydrogen-bond acceptors (Lipinski definition) is 3. The molecule has 0 radical (unpaired) electrons. The second kappa shape index (κ2) is 7.24. The van der Waals surface area contributed by atoms with E-state index in [0.717, 1.165) is 15.8 Å². The molecule has 24 heavy (non-hydrogen) atoms. The Bertz CT molecular complexity index is 934. The summed E-state index contributed by atoms with van der Waals surface area (Å²) < 4.78 is 19.9. The molecule has 7 heteroatoms. The smallest absolute Gasteiger partial charge is 0.205 e. The lowest BCUT2D eigenvalue weighted by Crippen LogP contribution is -2.05. The fourth-order valence-electron chi connectivity index (χ4n) is 2.68. The summed E-state index contributed by atoms with van der Waals surface area (Å²) in [7, 11) is 0. The summed E-state index contributed by atoms with van der Waals surface area (Å²) in [4.78, 5) is 13.4. The van der Waals surface area contributed by atoms with E-state index in [1.807, 2.05) is 18.2 Å². The lowest BCUT2D eigenvalue weighted by atomic mass is 9.98. The van der Waals surface area contributed by atoms with Gasteiger partial charge in [-0.25, -0.2) is 4.39 Å². The van der Waals surface area contributed by atoms with Crippen LogP contribution in [0.2, 0.25) is 5.02 Å². The van der Waals surface area contributed by atoms with Crippen LogP contribution in [0.4, 0.5) is 4.39 Å². The second-order valence-corrected chi connectivity index (χ2v) is 8.44. The zero-order valence-electron chi connectivity index (χ0n) is 12.7. The predicted octanol–water partition coefficient (Wildman–Crippen LogP) is 6.86. The number of carbonyl (C=O) groups excluding carboxylic acids is 1. The number of aryl methyl sites for hydroxylation is 2. The summed E-state index contributed by atoms with van der Waals surface area (Å²) in [5.74, 6) is 0.237. The van der Waals surface area contributed by atoms with Crippen molar-refractivity contribution in [3.8, 4) is 5.75 Å². The first-order valence-corrected chi connectivity index (χ1v) is 12.2. The van der Waals surface area contributed by atoms with Crippen LogP contribution in [0.5, 0.6) is 5.75 Å². The van der Waals surface area contributed by atoms with Crippen LogP contribution in [0.3, 0.4) is 0 Å². The van der Waals surface area contributed by atoms with E-state index in [1.165, 1.54) is 23.5 Å². The van der Waals surface area contributed by atoms with E-state index in [1.54, 1.807) is 13.8 Å². The molecule has 3 aromatic rings. The van der Waals surface area contributed by atoms with Gasteiger partial charge in [0.2, 0.25) is 5.78 Å². The van der Waals surface area contributed by atoms with Crippen LogP contribution >= 0.6 is 51.4 Å². The van der Waals surface area contributed by atoms with Crippen LogP contribution in [0.15, 0.2) is 30.3 Å². The molecular formula is C17H12ClFIO2PS. The third-order valence-corrected chi connectivity index (χ3v) is 6.32. The maximum Gasteiger partial charge on any atom is 0.205 e. The minimum Gasteiger partial charge on any atom is -0.467 e. The molecule has 0 fully saturated rings. The quantitative estimate of drug-likeness (QED) is 0.226. The van der Waals surface area contributed by atoms with Gasteiger partial charge < -0.3 is 4.52 Å². The average molecular weight is 493 g/mol. The molecule has 2 nitrogen and oxygen atoms in total. The SMILES string of the molecule is Cc1cc(F)cc(C)c1C(=O)c1sc2cc(OPI)ccc2c1Cl. The van der Waals surface area contributed by atoms with E-state index in [-0.39, 0.29) is 11.6 Å². The molecule has 0 aliphatic carbocycles. The van der Waals surface area contributed by atoms with Crippen molar-refractivity contribution in [2.45, 2.75) is 13.8 Å². The Morgan fingerprint density at radius 3 is 2.54 bits per heavy atom. The predicted molar refractivity (Wildman–Crippen MR) is 109 cm³/mol. The summed E-state index contributed by atoms with van der Waals surface area (Å²) in [6.45, 7) is 3.79. The lowest BCUT2D eigenvalue weighted by Gasteiger charge is -2.08. The molecule has 1 atom stereocenters. The number of hydrogen-bond donors (Lipinski definition) is 0. The lowest BCUT2D eigenvalue weighted by molar-refractivity contribution is 0.104. The van der Waals surface area contributed by atoms with E-state index in [0.29, 0.717) is 33.0 Å². The maximum atomic E-state index is 13.5. The van der Waals surface area contributed by atoms with Crippen molar-refractivity contribution >= 4 is 67.3 Å². The Balaban J connectivity index is 2.12. The molecule has 1 aromatic heterocycles. The number of rotatable bonds is 4. The van der Waals surface area contributed by atoms with E-state index < -0.39 is 0 Å². The molecule has 0 spiro atoms. The van der Waals surface area contributed by atoms with Crippen LogP contribution in [0.1, 0.15) is 26.4 Å². The van der Waals surface area contributed by atoms with Gasteiger partial charge in [-0.2, -0.15) is 0 Å². The number of ketones is 1. The fraction of sp³-hybridized carbons (Fsp3) is 0.118. The van der Waals surface area contributed by atoms with Gasteiger partial charge in [-0.1, -0.05) is 11.6 Å². The first kappa shape index (κ1) is 18.1. The highest BCUT2D eigenvalue weighted by Gasteiger charge is 2.22. The van der Waals surface area contributed by atoms with Crippen LogP contribution in [0.25, 0.3) is 10.1 Å². The highest BCUT2D eigenvalue weighted by atomic mass is 127. The molecule has 0 aliphatic heterocycles. The molecule has 0 saturated heterocycles. The topological polar surface area (TPSA) is 26.3 Å². The van der Waals surface area contributed by atoms with Crippen LogP contribution < -0.4 is 4.52 Å². The Morgan fingerprint density at radius 1 is 1.25 bits per heavy atom. The Kier molecular flexibility index (Phi) is 5.45. The summed E-state index contributed by atoms with van der Waals surface area (Å²) in [5, 5.41) is 1.26. The van der Waals surface area contributed by atoms with E-state index in [4.69, 9.17) is 16.1 Å². The third-order valence-electron chi connectivity index (χ3n) is 3.69. The minimum atomic E-state index is -0.342. The highest BCUT2D eigenvalue weighted by molar-refractivity contribution is 14.2. The molecular weight excluding hydrogens is 481 g/mol. The molecule has 3 rings (SSSR count). The zero-order chi connectivity index (χ0) is 17.4. The van der Waals surface area contributed by atoms with E-state index in [2.05, 4.69) is 22.0 Å². The second-order valence-electron chi connectivity index (χ2n) is 5.33. The van der Waals surface area contributed by atoms with E-state index in [9.17, 15) is 9.18 Å². The summed E-state index contributed by atoms with van der Waals surface area (Å²) in [6.07, 6.45) is 0. The zero-order valence-corrected chi connectivity index (χ0v) is 17.5. The van der Waals surface area contributed by atoms with Crippen molar-refractivity contribution in [2.75, 3.05) is 0 Å². The third kappa shape index (κ3) is 3.32.